The molecule has 2 amide bonds. The lowest BCUT2D eigenvalue weighted by atomic mass is 10.0. The van der Waals surface area contributed by atoms with Crippen LogP contribution in [0.25, 0.3) is 10.8 Å². The van der Waals surface area contributed by atoms with Crippen LogP contribution in [0.5, 0.6) is 0 Å². The summed E-state index contributed by atoms with van der Waals surface area (Å²) >= 11 is 0. The maximum atomic E-state index is 12.9. The number of benzene rings is 3. The number of carbonyl (C=O) groups excluding carboxylic acids is 2. The first-order chi connectivity index (χ1) is 15.5. The van der Waals surface area contributed by atoms with Gasteiger partial charge in [0, 0.05) is 41.5 Å². The van der Waals surface area contributed by atoms with E-state index in [9.17, 15) is 9.59 Å². The van der Waals surface area contributed by atoms with Crippen molar-refractivity contribution < 1.29 is 14.3 Å². The number of hydrogen-bond donors (Lipinski definition) is 2. The van der Waals surface area contributed by atoms with Crippen molar-refractivity contribution >= 4 is 34.1 Å². The molecule has 0 saturated carbocycles. The lowest BCUT2D eigenvalue weighted by Gasteiger charge is -2.31. The molecule has 32 heavy (non-hydrogen) atoms. The number of ether oxygens (including phenoxy) is 1. The summed E-state index contributed by atoms with van der Waals surface area (Å²) in [6.07, 6.45) is 1.16. The monoisotopic (exact) mass is 431 g/mol. The van der Waals surface area contributed by atoms with E-state index in [1.54, 1.807) is 11.8 Å². The van der Waals surface area contributed by atoms with Crippen LogP contribution in [0.3, 0.4) is 0 Å². The minimum Gasteiger partial charge on any atom is -0.450 e. The molecule has 1 saturated heterocycles. The number of hydrogen-bond acceptors (Lipinski definition) is 4. The number of piperidine rings is 1. The van der Waals surface area contributed by atoms with E-state index in [4.69, 9.17) is 4.74 Å². The second kappa shape index (κ2) is 9.73. The highest BCUT2D eigenvalue weighted by molar-refractivity contribution is 5.98. The average Bonchev–Trinajstić information content (AvgIpc) is 2.80. The van der Waals surface area contributed by atoms with Crippen molar-refractivity contribution in [1.82, 2.24) is 10.2 Å². The van der Waals surface area contributed by atoms with Gasteiger partial charge in [0.05, 0.1) is 6.61 Å². The summed E-state index contributed by atoms with van der Waals surface area (Å²) in [7, 11) is 0. The Labute approximate surface area is 188 Å². The number of nitrogens with one attached hydrogen (secondary N) is 2. The molecule has 3 aromatic carbocycles. The fourth-order valence-corrected chi connectivity index (χ4v) is 4.15. The van der Waals surface area contributed by atoms with Crippen LogP contribution in [0, 0.1) is 6.92 Å². The second-order valence-electron chi connectivity index (χ2n) is 8.17. The van der Waals surface area contributed by atoms with Crippen molar-refractivity contribution in [2.75, 3.05) is 25.0 Å². The highest BCUT2D eigenvalue weighted by Crippen LogP contribution is 2.28. The molecule has 2 N–H and O–H groups in total. The van der Waals surface area contributed by atoms with E-state index in [1.165, 1.54) is 10.9 Å². The molecule has 0 radical (unpaired) electrons. The Morgan fingerprint density at radius 2 is 1.81 bits per heavy atom. The summed E-state index contributed by atoms with van der Waals surface area (Å²) in [6, 6.07) is 20.1. The first-order valence-electron chi connectivity index (χ1n) is 11.1. The van der Waals surface area contributed by atoms with Crippen molar-refractivity contribution in [3.8, 4) is 0 Å². The Kier molecular flexibility index (Phi) is 6.59. The van der Waals surface area contributed by atoms with Crippen LogP contribution in [0.15, 0.2) is 60.7 Å². The number of fused-ring (bicyclic) bond motifs is 1. The summed E-state index contributed by atoms with van der Waals surface area (Å²) in [5.74, 6) is -0.0997. The molecule has 0 aromatic heterocycles. The molecule has 4 rings (SSSR count). The van der Waals surface area contributed by atoms with Gasteiger partial charge in [-0.25, -0.2) is 4.79 Å². The summed E-state index contributed by atoms with van der Waals surface area (Å²) in [5, 5.41) is 8.91. The Hall–Kier alpha value is -3.54. The van der Waals surface area contributed by atoms with Gasteiger partial charge in [-0.2, -0.15) is 0 Å². The molecule has 3 aromatic rings. The molecule has 1 fully saturated rings. The highest BCUT2D eigenvalue weighted by atomic mass is 16.6. The fraction of sp³-hybridized carbons (Fsp3) is 0.308. The number of likely N-dealkylation sites (tertiary alicyclic amines) is 1. The Morgan fingerprint density at radius 1 is 1.03 bits per heavy atom. The van der Waals surface area contributed by atoms with E-state index in [0.29, 0.717) is 25.3 Å². The fourth-order valence-electron chi connectivity index (χ4n) is 4.15. The van der Waals surface area contributed by atoms with Crippen LogP contribution in [0.2, 0.25) is 0 Å². The Bertz CT molecular complexity index is 1120. The Balaban J connectivity index is 1.42. The molecule has 0 unspecified atom stereocenters. The molecule has 0 aliphatic carbocycles. The number of rotatable bonds is 5. The molecule has 1 aliphatic heterocycles. The Morgan fingerprint density at radius 3 is 2.59 bits per heavy atom. The number of anilines is 2. The average molecular weight is 432 g/mol. The second-order valence-corrected chi connectivity index (χ2v) is 8.17. The van der Waals surface area contributed by atoms with Crippen molar-refractivity contribution in [1.29, 1.82) is 0 Å². The summed E-state index contributed by atoms with van der Waals surface area (Å²) in [6.45, 7) is 5.43. The molecular formula is C26H29N3O3. The molecular weight excluding hydrogens is 402 g/mol. The third-order valence-corrected chi connectivity index (χ3v) is 5.77. The van der Waals surface area contributed by atoms with Gasteiger partial charge in [0.2, 0.25) is 0 Å². The van der Waals surface area contributed by atoms with E-state index >= 15 is 0 Å². The largest absolute Gasteiger partial charge is 0.450 e. The van der Waals surface area contributed by atoms with Crippen molar-refractivity contribution in [2.45, 2.75) is 32.7 Å². The maximum absolute atomic E-state index is 12.9. The molecule has 0 atom stereocenters. The van der Waals surface area contributed by atoms with Gasteiger partial charge in [-0.15, -0.1) is 0 Å². The summed E-state index contributed by atoms with van der Waals surface area (Å²) in [4.78, 5) is 26.4. The predicted molar refractivity (Wildman–Crippen MR) is 127 cm³/mol. The predicted octanol–water partition coefficient (Wildman–Crippen LogP) is 5.24. The van der Waals surface area contributed by atoms with Gasteiger partial charge in [0.15, 0.2) is 0 Å². The lowest BCUT2D eigenvalue weighted by Crippen LogP contribution is -2.46. The van der Waals surface area contributed by atoms with Crippen LogP contribution in [0.1, 0.15) is 35.7 Å². The zero-order valence-corrected chi connectivity index (χ0v) is 18.6. The van der Waals surface area contributed by atoms with E-state index in [1.807, 2.05) is 36.4 Å². The van der Waals surface area contributed by atoms with Gasteiger partial charge in [-0.1, -0.05) is 36.4 Å². The molecule has 1 aliphatic rings. The smallest absolute Gasteiger partial charge is 0.409 e. The van der Waals surface area contributed by atoms with Gasteiger partial charge >= 0.3 is 6.09 Å². The van der Waals surface area contributed by atoms with E-state index < -0.39 is 0 Å². The first-order valence-corrected chi connectivity index (χ1v) is 11.1. The van der Waals surface area contributed by atoms with Crippen molar-refractivity contribution in [2.24, 2.45) is 0 Å². The number of carbonyl (C=O) groups is 2. The van der Waals surface area contributed by atoms with Crippen LogP contribution in [-0.4, -0.2) is 42.6 Å². The van der Waals surface area contributed by atoms with Crippen molar-refractivity contribution in [3.05, 3.63) is 71.8 Å². The third kappa shape index (κ3) is 5.02. The molecule has 1 heterocycles. The van der Waals surface area contributed by atoms with Gasteiger partial charge in [0.25, 0.3) is 5.91 Å². The summed E-state index contributed by atoms with van der Waals surface area (Å²) in [5.41, 5.74) is 3.67. The van der Waals surface area contributed by atoms with Crippen LogP contribution in [0.4, 0.5) is 16.2 Å². The zero-order chi connectivity index (χ0) is 22.5. The van der Waals surface area contributed by atoms with E-state index in [-0.39, 0.29) is 18.0 Å². The van der Waals surface area contributed by atoms with Crippen LogP contribution >= 0.6 is 0 Å². The lowest BCUT2D eigenvalue weighted by molar-refractivity contribution is 0.0860. The van der Waals surface area contributed by atoms with Gasteiger partial charge in [-0.05, 0) is 61.9 Å². The van der Waals surface area contributed by atoms with Crippen molar-refractivity contribution in [3.63, 3.8) is 0 Å². The molecule has 6 heteroatoms. The van der Waals surface area contributed by atoms with Gasteiger partial charge in [-0.3, -0.25) is 4.79 Å². The first kappa shape index (κ1) is 21.7. The van der Waals surface area contributed by atoms with E-state index in [2.05, 4.69) is 41.8 Å². The topological polar surface area (TPSA) is 70.7 Å². The normalized spacial score (nSPS) is 14.2. The molecule has 0 bridgehead atoms. The molecule has 166 valence electrons. The number of aryl methyl sites for hydroxylation is 1. The summed E-state index contributed by atoms with van der Waals surface area (Å²) < 4.78 is 5.06. The van der Waals surface area contributed by atoms with Crippen LogP contribution < -0.4 is 10.6 Å². The highest BCUT2D eigenvalue weighted by Gasteiger charge is 2.24. The number of nitrogens with zero attached hydrogens (tertiary/aromatic N) is 1. The maximum Gasteiger partial charge on any atom is 0.409 e. The zero-order valence-electron chi connectivity index (χ0n) is 18.6. The standard InChI is InChI=1S/C26H29N3O3/c1-3-32-26(31)29-13-11-21(12-14-29)28-25(30)20-8-6-9-22(17-20)27-24-16-18(2)15-19-7-4-5-10-23(19)24/h4-10,15-17,21,27H,3,11-14H2,1-2H3,(H,28,30). The van der Waals surface area contributed by atoms with Gasteiger partial charge in [0.1, 0.15) is 0 Å². The minimum atomic E-state index is -0.278. The SMILES string of the molecule is CCOC(=O)N1CCC(NC(=O)c2cccc(Nc3cc(C)cc4ccccc34)c2)CC1. The van der Waals surface area contributed by atoms with Crippen LogP contribution in [-0.2, 0) is 4.74 Å². The molecule has 0 spiro atoms. The van der Waals surface area contributed by atoms with Gasteiger partial charge < -0.3 is 20.3 Å². The minimum absolute atomic E-state index is 0.0468. The molecule has 6 nitrogen and oxygen atoms in total. The quantitative estimate of drug-likeness (QED) is 0.579. The third-order valence-electron chi connectivity index (χ3n) is 5.77. The number of amides is 2. The van der Waals surface area contributed by atoms with E-state index in [0.717, 1.165) is 29.6 Å².